The summed E-state index contributed by atoms with van der Waals surface area (Å²) in [6.45, 7) is 1.23. The molecule has 0 saturated carbocycles. The summed E-state index contributed by atoms with van der Waals surface area (Å²) in [7, 11) is 0. The van der Waals surface area contributed by atoms with E-state index >= 15 is 0 Å². The van der Waals surface area contributed by atoms with Gasteiger partial charge in [-0.3, -0.25) is 4.79 Å². The second-order valence-electron chi connectivity index (χ2n) is 4.37. The molecule has 1 atom stereocenters. The van der Waals surface area contributed by atoms with E-state index in [9.17, 15) is 10.1 Å². The van der Waals surface area contributed by atoms with Gasteiger partial charge in [-0.25, -0.2) is 0 Å². The topological polar surface area (TPSA) is 50.1 Å². The lowest BCUT2D eigenvalue weighted by atomic mass is 9.84. The van der Waals surface area contributed by atoms with Gasteiger partial charge >= 0.3 is 0 Å². The summed E-state index contributed by atoms with van der Waals surface area (Å²) < 4.78 is 6.06. The van der Waals surface area contributed by atoms with Gasteiger partial charge in [0.25, 0.3) is 0 Å². The number of hydrogen-bond donors (Lipinski definition) is 0. The fourth-order valence-electron chi connectivity index (χ4n) is 2.21. The Bertz CT molecular complexity index is 475. The van der Waals surface area contributed by atoms with E-state index in [1.807, 2.05) is 24.3 Å². The monoisotopic (exact) mass is 307 g/mol. The zero-order chi connectivity index (χ0) is 13.0. The lowest BCUT2D eigenvalue weighted by Gasteiger charge is -2.23. The van der Waals surface area contributed by atoms with Gasteiger partial charge in [0.1, 0.15) is 5.92 Å². The average Bonchev–Trinajstić information content (AvgIpc) is 2.42. The van der Waals surface area contributed by atoms with E-state index in [4.69, 9.17) is 4.74 Å². The summed E-state index contributed by atoms with van der Waals surface area (Å²) in [5, 5.41) is 9.28. The molecule has 1 aromatic carbocycles. The van der Waals surface area contributed by atoms with Crippen LogP contribution >= 0.6 is 15.9 Å². The van der Waals surface area contributed by atoms with Gasteiger partial charge in [0.15, 0.2) is 5.78 Å². The van der Waals surface area contributed by atoms with E-state index in [2.05, 4.69) is 22.0 Å². The third kappa shape index (κ3) is 2.80. The van der Waals surface area contributed by atoms with Crippen LogP contribution in [0, 0.1) is 17.2 Å². The van der Waals surface area contributed by atoms with Gasteiger partial charge in [-0.2, -0.15) is 5.26 Å². The van der Waals surface area contributed by atoms with Crippen molar-refractivity contribution in [2.45, 2.75) is 18.8 Å². The Labute approximate surface area is 115 Å². The minimum absolute atomic E-state index is 0.0210. The first-order chi connectivity index (χ1) is 8.74. The summed E-state index contributed by atoms with van der Waals surface area (Å²) in [6, 6.07) is 9.55. The average molecular weight is 308 g/mol. The number of hydrogen-bond acceptors (Lipinski definition) is 3. The Kier molecular flexibility index (Phi) is 4.51. The zero-order valence-corrected chi connectivity index (χ0v) is 11.5. The molecule has 0 aromatic heterocycles. The lowest BCUT2D eigenvalue weighted by Crippen LogP contribution is -2.27. The number of carbonyl (C=O) groups excluding carboxylic acids is 1. The van der Waals surface area contributed by atoms with Crippen LogP contribution in [-0.4, -0.2) is 19.0 Å². The number of carbonyl (C=O) groups is 1. The maximum Gasteiger partial charge on any atom is 0.157 e. The molecule has 1 fully saturated rings. The lowest BCUT2D eigenvalue weighted by molar-refractivity contribution is -0.126. The van der Waals surface area contributed by atoms with Crippen molar-refractivity contribution in [2.75, 3.05) is 13.2 Å². The molecular weight excluding hydrogens is 294 g/mol. The largest absolute Gasteiger partial charge is 0.381 e. The number of ketones is 1. The van der Waals surface area contributed by atoms with Crippen LogP contribution in [0.1, 0.15) is 24.3 Å². The number of Topliss-reactive ketones (excluding diaryl/α,β-unsaturated/α-hetero) is 1. The Morgan fingerprint density at radius 1 is 1.39 bits per heavy atom. The van der Waals surface area contributed by atoms with E-state index in [0.29, 0.717) is 13.2 Å². The molecule has 1 aliphatic rings. The molecule has 3 nitrogen and oxygen atoms in total. The normalized spacial score (nSPS) is 18.0. The molecule has 0 spiro atoms. The molecule has 1 heterocycles. The number of nitrogens with zero attached hydrogens (tertiary/aromatic N) is 1. The molecule has 94 valence electrons. The first-order valence-electron chi connectivity index (χ1n) is 5.99. The molecule has 0 N–H and O–H groups in total. The fourth-order valence-corrected chi connectivity index (χ4v) is 2.73. The minimum Gasteiger partial charge on any atom is -0.381 e. The maximum atomic E-state index is 12.4. The summed E-state index contributed by atoms with van der Waals surface area (Å²) in [4.78, 5) is 12.4. The van der Waals surface area contributed by atoms with Crippen molar-refractivity contribution in [3.05, 3.63) is 34.3 Å². The van der Waals surface area contributed by atoms with Crippen molar-refractivity contribution >= 4 is 21.7 Å². The SMILES string of the molecule is N#CC(C(=O)C1CCOCC1)c1ccccc1Br. The fraction of sp³-hybridized carbons (Fsp3) is 0.429. The van der Waals surface area contributed by atoms with Crippen molar-refractivity contribution < 1.29 is 9.53 Å². The number of rotatable bonds is 3. The van der Waals surface area contributed by atoms with Crippen LogP contribution in [-0.2, 0) is 9.53 Å². The standard InChI is InChI=1S/C14H14BrNO2/c15-13-4-2-1-3-11(13)12(9-16)14(17)10-5-7-18-8-6-10/h1-4,10,12H,5-8H2. The van der Waals surface area contributed by atoms with Crippen molar-refractivity contribution in [3.8, 4) is 6.07 Å². The highest BCUT2D eigenvalue weighted by atomic mass is 79.9. The molecule has 0 amide bonds. The Morgan fingerprint density at radius 3 is 2.67 bits per heavy atom. The molecule has 0 radical (unpaired) electrons. The second-order valence-corrected chi connectivity index (χ2v) is 5.23. The van der Waals surface area contributed by atoms with E-state index in [-0.39, 0.29) is 11.7 Å². The van der Waals surface area contributed by atoms with Crippen molar-refractivity contribution in [3.63, 3.8) is 0 Å². The third-order valence-corrected chi connectivity index (χ3v) is 3.98. The summed E-state index contributed by atoms with van der Waals surface area (Å²) in [5.41, 5.74) is 0.761. The molecule has 2 rings (SSSR count). The number of ether oxygens (including phenoxy) is 1. The Balaban J connectivity index is 2.21. The zero-order valence-electron chi connectivity index (χ0n) is 9.93. The summed E-state index contributed by atoms with van der Waals surface area (Å²) in [6.07, 6.45) is 1.45. The highest BCUT2D eigenvalue weighted by molar-refractivity contribution is 9.10. The molecule has 1 unspecified atom stereocenters. The molecule has 4 heteroatoms. The highest BCUT2D eigenvalue weighted by Gasteiger charge is 2.30. The van der Waals surface area contributed by atoms with E-state index < -0.39 is 5.92 Å². The minimum atomic E-state index is -0.677. The van der Waals surface area contributed by atoms with Crippen molar-refractivity contribution in [2.24, 2.45) is 5.92 Å². The second kappa shape index (κ2) is 6.12. The van der Waals surface area contributed by atoms with Gasteiger partial charge in [0, 0.05) is 23.6 Å². The van der Waals surface area contributed by atoms with Crippen LogP contribution in [0.2, 0.25) is 0 Å². The van der Waals surface area contributed by atoms with Crippen LogP contribution < -0.4 is 0 Å². The van der Waals surface area contributed by atoms with Gasteiger partial charge in [-0.15, -0.1) is 0 Å². The van der Waals surface area contributed by atoms with Gasteiger partial charge in [-0.1, -0.05) is 34.1 Å². The van der Waals surface area contributed by atoms with Gasteiger partial charge in [0.05, 0.1) is 6.07 Å². The van der Waals surface area contributed by atoms with Crippen LogP contribution in [0.4, 0.5) is 0 Å². The van der Waals surface area contributed by atoms with Gasteiger partial charge < -0.3 is 4.74 Å². The molecule has 1 saturated heterocycles. The van der Waals surface area contributed by atoms with Crippen LogP contribution in [0.5, 0.6) is 0 Å². The van der Waals surface area contributed by atoms with E-state index in [0.717, 1.165) is 22.9 Å². The number of halogens is 1. The third-order valence-electron chi connectivity index (χ3n) is 3.25. The summed E-state index contributed by atoms with van der Waals surface area (Å²) >= 11 is 3.40. The molecule has 18 heavy (non-hydrogen) atoms. The molecule has 1 aliphatic heterocycles. The van der Waals surface area contributed by atoms with Crippen LogP contribution in [0.15, 0.2) is 28.7 Å². The molecule has 1 aromatic rings. The quantitative estimate of drug-likeness (QED) is 0.862. The van der Waals surface area contributed by atoms with Gasteiger partial charge in [-0.05, 0) is 24.5 Å². The smallest absolute Gasteiger partial charge is 0.157 e. The summed E-state index contributed by atoms with van der Waals surface area (Å²) in [5.74, 6) is -0.702. The van der Waals surface area contributed by atoms with Crippen LogP contribution in [0.25, 0.3) is 0 Å². The van der Waals surface area contributed by atoms with Crippen LogP contribution in [0.3, 0.4) is 0 Å². The Morgan fingerprint density at radius 2 is 2.06 bits per heavy atom. The number of benzene rings is 1. The van der Waals surface area contributed by atoms with Crippen molar-refractivity contribution in [1.29, 1.82) is 5.26 Å². The molecule has 0 bridgehead atoms. The first-order valence-corrected chi connectivity index (χ1v) is 6.79. The van der Waals surface area contributed by atoms with Crippen molar-refractivity contribution in [1.82, 2.24) is 0 Å². The molecular formula is C14H14BrNO2. The predicted molar refractivity (Wildman–Crippen MR) is 71.0 cm³/mol. The maximum absolute atomic E-state index is 12.4. The van der Waals surface area contributed by atoms with E-state index in [1.165, 1.54) is 0 Å². The van der Waals surface area contributed by atoms with E-state index in [1.54, 1.807) is 0 Å². The van der Waals surface area contributed by atoms with Gasteiger partial charge in [0.2, 0.25) is 0 Å². The highest BCUT2D eigenvalue weighted by Crippen LogP contribution is 2.30. The first kappa shape index (κ1) is 13.3. The number of nitriles is 1. The predicted octanol–water partition coefficient (Wildman–Crippen LogP) is 3.05. The molecule has 0 aliphatic carbocycles. The Hall–Kier alpha value is -1.18.